The molecule has 0 saturated heterocycles. The van der Waals surface area contributed by atoms with E-state index in [2.05, 4.69) is 5.32 Å². The summed E-state index contributed by atoms with van der Waals surface area (Å²) in [5, 5.41) is 11.7. The molecular weight excluding hydrogens is 246 g/mol. The van der Waals surface area contributed by atoms with Crippen LogP contribution < -0.4 is 5.32 Å². The van der Waals surface area contributed by atoms with Crippen molar-refractivity contribution in [3.63, 3.8) is 0 Å². The molecule has 1 saturated carbocycles. The largest absolute Gasteiger partial charge is 0.480 e. The van der Waals surface area contributed by atoms with Crippen molar-refractivity contribution in [2.24, 2.45) is 11.8 Å². The molecule has 0 aromatic carbocycles. The van der Waals surface area contributed by atoms with Crippen LogP contribution in [0, 0.1) is 11.8 Å². The van der Waals surface area contributed by atoms with Gasteiger partial charge in [0.15, 0.2) is 0 Å². The molecule has 1 aliphatic carbocycles. The summed E-state index contributed by atoms with van der Waals surface area (Å²) in [6.45, 7) is 6.56. The number of ether oxygens (including phenoxy) is 1. The maximum absolute atomic E-state index is 11.8. The van der Waals surface area contributed by atoms with Crippen LogP contribution in [0.3, 0.4) is 0 Å². The third-order valence-electron chi connectivity index (χ3n) is 3.41. The Morgan fingerprint density at radius 2 is 2.00 bits per heavy atom. The average molecular weight is 271 g/mol. The van der Waals surface area contributed by atoms with E-state index in [0.29, 0.717) is 25.4 Å². The highest BCUT2D eigenvalue weighted by Gasteiger charge is 2.32. The molecule has 1 atom stereocenters. The highest BCUT2D eigenvalue weighted by molar-refractivity contribution is 5.83. The summed E-state index contributed by atoms with van der Waals surface area (Å²) in [5.41, 5.74) is 0. The molecule has 0 aromatic rings. The van der Waals surface area contributed by atoms with Gasteiger partial charge in [0.1, 0.15) is 6.04 Å². The molecule has 0 aliphatic heterocycles. The van der Waals surface area contributed by atoms with Gasteiger partial charge in [0, 0.05) is 13.0 Å². The molecule has 1 amide bonds. The number of nitrogens with one attached hydrogen (secondary N) is 1. The van der Waals surface area contributed by atoms with Gasteiger partial charge in [0.25, 0.3) is 0 Å². The number of hydrogen-bond acceptors (Lipinski definition) is 3. The summed E-state index contributed by atoms with van der Waals surface area (Å²) in [6, 6.07) is -0.768. The van der Waals surface area contributed by atoms with Crippen LogP contribution in [0.15, 0.2) is 0 Å². The predicted octanol–water partition coefficient (Wildman–Crippen LogP) is 1.81. The molecule has 0 radical (unpaired) electrons. The van der Waals surface area contributed by atoms with E-state index in [1.54, 1.807) is 0 Å². The topological polar surface area (TPSA) is 75.6 Å². The van der Waals surface area contributed by atoms with E-state index < -0.39 is 12.0 Å². The molecule has 0 heterocycles. The van der Waals surface area contributed by atoms with Crippen LogP contribution in [-0.4, -0.2) is 35.7 Å². The van der Waals surface area contributed by atoms with E-state index in [0.717, 1.165) is 12.8 Å². The quantitative estimate of drug-likeness (QED) is 0.706. The van der Waals surface area contributed by atoms with E-state index in [9.17, 15) is 9.59 Å². The Morgan fingerprint density at radius 3 is 2.47 bits per heavy atom. The number of carbonyl (C=O) groups excluding carboxylic acids is 1. The first kappa shape index (κ1) is 16.0. The van der Waals surface area contributed by atoms with Crippen molar-refractivity contribution in [2.45, 2.75) is 58.6 Å². The summed E-state index contributed by atoms with van der Waals surface area (Å²) in [7, 11) is 0. The zero-order valence-corrected chi connectivity index (χ0v) is 12.0. The van der Waals surface area contributed by atoms with Crippen LogP contribution in [-0.2, 0) is 14.3 Å². The SMILES string of the molecule is CCOC1CC(CC(=O)N[C@H](CC(C)C)C(=O)O)C1. The second-order valence-electron chi connectivity index (χ2n) is 5.71. The lowest BCUT2D eigenvalue weighted by Gasteiger charge is -2.34. The van der Waals surface area contributed by atoms with Crippen LogP contribution in [0.25, 0.3) is 0 Å². The highest BCUT2D eigenvalue weighted by Crippen LogP contribution is 2.32. The van der Waals surface area contributed by atoms with E-state index in [1.807, 2.05) is 20.8 Å². The molecule has 5 heteroatoms. The van der Waals surface area contributed by atoms with Gasteiger partial charge in [-0.3, -0.25) is 4.79 Å². The molecule has 19 heavy (non-hydrogen) atoms. The minimum atomic E-state index is -0.956. The van der Waals surface area contributed by atoms with Gasteiger partial charge in [-0.1, -0.05) is 13.8 Å². The first-order chi connectivity index (χ1) is 8.92. The van der Waals surface area contributed by atoms with Gasteiger partial charge >= 0.3 is 5.97 Å². The van der Waals surface area contributed by atoms with Crippen LogP contribution in [0.2, 0.25) is 0 Å². The lowest BCUT2D eigenvalue weighted by molar-refractivity contribution is -0.142. The molecule has 1 fully saturated rings. The molecule has 1 aliphatic rings. The standard InChI is InChI=1S/C14H25NO4/c1-4-19-11-6-10(7-11)8-13(16)15-12(14(17)18)5-9(2)3/h9-12H,4-8H2,1-3H3,(H,15,16)(H,17,18)/t10?,11?,12-/m1/s1. The smallest absolute Gasteiger partial charge is 0.326 e. The van der Waals surface area contributed by atoms with Crippen molar-refractivity contribution in [1.82, 2.24) is 5.32 Å². The number of carboxylic acid groups (broad SMARTS) is 1. The van der Waals surface area contributed by atoms with Crippen molar-refractivity contribution >= 4 is 11.9 Å². The second-order valence-corrected chi connectivity index (χ2v) is 5.71. The fourth-order valence-corrected chi connectivity index (χ4v) is 2.42. The van der Waals surface area contributed by atoms with Gasteiger partial charge in [0.05, 0.1) is 6.10 Å². The molecule has 0 aromatic heterocycles. The van der Waals surface area contributed by atoms with Gasteiger partial charge < -0.3 is 15.2 Å². The van der Waals surface area contributed by atoms with Gasteiger partial charge in [-0.25, -0.2) is 4.79 Å². The van der Waals surface area contributed by atoms with Gasteiger partial charge in [-0.15, -0.1) is 0 Å². The Bertz CT molecular complexity index is 311. The zero-order chi connectivity index (χ0) is 14.4. The fourth-order valence-electron chi connectivity index (χ4n) is 2.42. The minimum Gasteiger partial charge on any atom is -0.480 e. The summed E-state index contributed by atoms with van der Waals surface area (Å²) in [6.07, 6.45) is 2.97. The summed E-state index contributed by atoms with van der Waals surface area (Å²) < 4.78 is 5.44. The number of hydrogen-bond donors (Lipinski definition) is 2. The van der Waals surface area contributed by atoms with Gasteiger partial charge in [-0.05, 0) is 38.0 Å². The van der Waals surface area contributed by atoms with Gasteiger partial charge in [0.2, 0.25) is 5.91 Å². The number of carbonyl (C=O) groups is 2. The van der Waals surface area contributed by atoms with E-state index in [1.165, 1.54) is 0 Å². The lowest BCUT2D eigenvalue weighted by atomic mass is 9.80. The van der Waals surface area contributed by atoms with E-state index in [-0.39, 0.29) is 17.9 Å². The third-order valence-corrected chi connectivity index (χ3v) is 3.41. The Kier molecular flexibility index (Phi) is 6.28. The first-order valence-electron chi connectivity index (χ1n) is 7.06. The molecule has 1 rings (SSSR count). The van der Waals surface area contributed by atoms with Crippen molar-refractivity contribution in [2.75, 3.05) is 6.61 Å². The van der Waals surface area contributed by atoms with Crippen LogP contribution >= 0.6 is 0 Å². The summed E-state index contributed by atoms with van der Waals surface area (Å²) in [5.74, 6) is -0.534. The maximum Gasteiger partial charge on any atom is 0.326 e. The molecule has 5 nitrogen and oxygen atoms in total. The lowest BCUT2D eigenvalue weighted by Crippen LogP contribution is -2.43. The van der Waals surface area contributed by atoms with E-state index in [4.69, 9.17) is 9.84 Å². The predicted molar refractivity (Wildman–Crippen MR) is 71.8 cm³/mol. The van der Waals surface area contributed by atoms with E-state index >= 15 is 0 Å². The monoisotopic (exact) mass is 271 g/mol. The molecular formula is C14H25NO4. The first-order valence-corrected chi connectivity index (χ1v) is 7.06. The Labute approximate surface area is 114 Å². The van der Waals surface area contributed by atoms with Crippen molar-refractivity contribution in [3.05, 3.63) is 0 Å². The Balaban J connectivity index is 2.28. The van der Waals surface area contributed by atoms with Gasteiger partial charge in [-0.2, -0.15) is 0 Å². The normalized spacial score (nSPS) is 23.8. The Hall–Kier alpha value is -1.10. The summed E-state index contributed by atoms with van der Waals surface area (Å²) in [4.78, 5) is 22.8. The highest BCUT2D eigenvalue weighted by atomic mass is 16.5. The second kappa shape index (κ2) is 7.48. The number of aliphatic carboxylic acids is 1. The molecule has 0 unspecified atom stereocenters. The van der Waals surface area contributed by atoms with Crippen LogP contribution in [0.5, 0.6) is 0 Å². The third kappa shape index (κ3) is 5.59. The average Bonchev–Trinajstić information content (AvgIpc) is 2.24. The van der Waals surface area contributed by atoms with Crippen LogP contribution in [0.4, 0.5) is 0 Å². The van der Waals surface area contributed by atoms with Crippen LogP contribution in [0.1, 0.15) is 46.5 Å². The zero-order valence-electron chi connectivity index (χ0n) is 12.0. The number of carboxylic acids is 1. The minimum absolute atomic E-state index is 0.159. The van der Waals surface area contributed by atoms with Crippen molar-refractivity contribution in [1.29, 1.82) is 0 Å². The summed E-state index contributed by atoms with van der Waals surface area (Å²) >= 11 is 0. The number of amides is 1. The molecule has 0 bridgehead atoms. The molecule has 0 spiro atoms. The fraction of sp³-hybridized carbons (Fsp3) is 0.857. The molecule has 110 valence electrons. The number of rotatable bonds is 8. The maximum atomic E-state index is 11.8. The molecule has 2 N–H and O–H groups in total. The Morgan fingerprint density at radius 1 is 1.37 bits per heavy atom. The van der Waals surface area contributed by atoms with Crippen molar-refractivity contribution in [3.8, 4) is 0 Å². The van der Waals surface area contributed by atoms with Crippen molar-refractivity contribution < 1.29 is 19.4 Å².